The molecule has 0 saturated heterocycles. The second-order valence-corrected chi connectivity index (χ2v) is 23.3. The summed E-state index contributed by atoms with van der Waals surface area (Å²) < 4.78 is 30.3. The van der Waals surface area contributed by atoms with Crippen LogP contribution in [-0.2, 0) is 27.9 Å². The Labute approximate surface area is 457 Å². The van der Waals surface area contributed by atoms with Crippen LogP contribution < -0.4 is 10.2 Å². The molecule has 0 aliphatic heterocycles. The van der Waals surface area contributed by atoms with Gasteiger partial charge in [-0.3, -0.25) is 14.2 Å². The second-order valence-electron chi connectivity index (χ2n) is 21.9. The molecule has 0 aromatic heterocycles. The third-order valence-electron chi connectivity index (χ3n) is 13.4. The highest BCUT2D eigenvalue weighted by molar-refractivity contribution is 7.45. The molecule has 0 fully saturated rings. The van der Waals surface area contributed by atoms with E-state index in [0.717, 1.165) is 89.9 Å². The van der Waals surface area contributed by atoms with E-state index in [1.165, 1.54) is 141 Å². The molecule has 0 spiro atoms. The lowest BCUT2D eigenvalue weighted by Crippen LogP contribution is -2.47. The fourth-order valence-corrected chi connectivity index (χ4v) is 9.30. The van der Waals surface area contributed by atoms with Crippen LogP contribution in [0.3, 0.4) is 0 Å². The Bertz CT molecular complexity index is 1500. The molecule has 0 bridgehead atoms. The van der Waals surface area contributed by atoms with E-state index in [4.69, 9.17) is 13.8 Å². The zero-order valence-electron chi connectivity index (χ0n) is 49.0. The van der Waals surface area contributed by atoms with Crippen molar-refractivity contribution in [2.45, 2.75) is 283 Å². The average Bonchev–Trinajstić information content (AvgIpc) is 3.36. The standard InChI is InChI=1S/C64H117N2O7P/c1-7-10-13-16-19-22-25-27-29-31-32-33-34-35-37-39-42-45-48-51-54-57-64(68)73-62(55-52-49-46-43-40-24-21-18-15-12-9-3)61(60-72-74(69,70)71-59-58-66(4,5)6)65-63(67)56-53-50-47-44-41-38-36-30-28-26-23-20-17-14-11-8-2/h19,22,27,29-30,32-33,36,38,41,52,55,61-62H,7-18,20-21,23-26,28,31,34-35,37,39-40,42-51,53-54,56-60H2,1-6H3,(H-,65,67,69,70)/b22-19-,29-27-,33-32-,36-30+,41-38+,55-52+. The number of rotatable bonds is 55. The van der Waals surface area contributed by atoms with Crippen LogP contribution in [0.2, 0.25) is 0 Å². The predicted molar refractivity (Wildman–Crippen MR) is 316 cm³/mol. The molecule has 9 nitrogen and oxygen atoms in total. The smallest absolute Gasteiger partial charge is 0.306 e. The summed E-state index contributed by atoms with van der Waals surface area (Å²) in [4.78, 5) is 39.9. The lowest BCUT2D eigenvalue weighted by molar-refractivity contribution is -0.870. The summed E-state index contributed by atoms with van der Waals surface area (Å²) in [6, 6.07) is -0.907. The van der Waals surface area contributed by atoms with Crippen LogP contribution in [0.25, 0.3) is 0 Å². The monoisotopic (exact) mass is 1060 g/mol. The van der Waals surface area contributed by atoms with Gasteiger partial charge in [0.1, 0.15) is 19.3 Å². The maximum atomic E-state index is 13.5. The molecule has 0 aliphatic carbocycles. The number of hydrogen-bond donors (Lipinski definition) is 1. The van der Waals surface area contributed by atoms with E-state index in [2.05, 4.69) is 86.8 Å². The molecule has 74 heavy (non-hydrogen) atoms. The van der Waals surface area contributed by atoms with Gasteiger partial charge < -0.3 is 28.5 Å². The largest absolute Gasteiger partial charge is 0.756 e. The molecule has 1 amide bonds. The molecule has 3 atom stereocenters. The number of esters is 1. The molecular weight excluding hydrogens is 940 g/mol. The van der Waals surface area contributed by atoms with E-state index in [1.807, 2.05) is 33.3 Å². The van der Waals surface area contributed by atoms with Crippen molar-refractivity contribution in [2.24, 2.45) is 0 Å². The van der Waals surface area contributed by atoms with Crippen molar-refractivity contribution in [3.63, 3.8) is 0 Å². The van der Waals surface area contributed by atoms with E-state index >= 15 is 0 Å². The number of likely N-dealkylation sites (N-methyl/N-ethyl adjacent to an activating group) is 1. The quantitative estimate of drug-likeness (QED) is 0.0161. The number of phosphoric ester groups is 1. The molecular formula is C64H117N2O7P. The fraction of sp³-hybridized carbons (Fsp3) is 0.781. The van der Waals surface area contributed by atoms with Crippen LogP contribution in [0.4, 0.5) is 0 Å². The number of carbonyl (C=O) groups excluding carboxylic acids is 2. The zero-order chi connectivity index (χ0) is 54.3. The SMILES string of the molecule is CCCCC/C=C\C/C=C\C/C=C\CCCCCCCCCCC(=O)OC(/C=C/CCCCCCCCCCC)C(COP(=O)([O-])OCC[N+](C)(C)C)NC(=O)CCCCC/C=C/C=C/CCCCCCCCC. The predicted octanol–water partition coefficient (Wildman–Crippen LogP) is 18.2. The summed E-state index contributed by atoms with van der Waals surface area (Å²) >= 11 is 0. The Kier molecular flexibility index (Phi) is 52.0. The number of carbonyl (C=O) groups is 2. The normalized spacial score (nSPS) is 14.2. The number of hydrogen-bond acceptors (Lipinski definition) is 7. The van der Waals surface area contributed by atoms with E-state index < -0.39 is 26.6 Å². The number of unbranched alkanes of at least 4 members (excludes halogenated alkanes) is 30. The van der Waals surface area contributed by atoms with E-state index in [9.17, 15) is 19.0 Å². The van der Waals surface area contributed by atoms with Crippen molar-refractivity contribution in [1.82, 2.24) is 5.32 Å². The highest BCUT2D eigenvalue weighted by atomic mass is 31.2. The van der Waals surface area contributed by atoms with Crippen LogP contribution in [0, 0.1) is 0 Å². The first-order valence-electron chi connectivity index (χ1n) is 30.8. The molecule has 0 aromatic rings. The van der Waals surface area contributed by atoms with Crippen molar-refractivity contribution in [2.75, 3.05) is 40.9 Å². The number of phosphoric acid groups is 1. The zero-order valence-corrected chi connectivity index (χ0v) is 49.9. The molecule has 3 unspecified atom stereocenters. The Morgan fingerprint density at radius 2 is 0.865 bits per heavy atom. The van der Waals surface area contributed by atoms with Gasteiger partial charge in [0.05, 0.1) is 33.8 Å². The number of amides is 1. The van der Waals surface area contributed by atoms with E-state index in [-0.39, 0.29) is 31.3 Å². The minimum Gasteiger partial charge on any atom is -0.756 e. The Morgan fingerprint density at radius 1 is 0.486 bits per heavy atom. The number of ether oxygens (including phenoxy) is 1. The maximum absolute atomic E-state index is 13.5. The van der Waals surface area contributed by atoms with Crippen LogP contribution in [0.15, 0.2) is 72.9 Å². The van der Waals surface area contributed by atoms with E-state index in [0.29, 0.717) is 17.4 Å². The first kappa shape index (κ1) is 71.5. The third-order valence-corrected chi connectivity index (χ3v) is 14.4. The van der Waals surface area contributed by atoms with Gasteiger partial charge >= 0.3 is 5.97 Å². The van der Waals surface area contributed by atoms with Crippen LogP contribution in [-0.4, -0.2) is 69.4 Å². The van der Waals surface area contributed by atoms with Gasteiger partial charge in [-0.1, -0.05) is 235 Å². The molecule has 430 valence electrons. The number of quaternary nitrogens is 1. The minimum absolute atomic E-state index is 0.0308. The summed E-state index contributed by atoms with van der Waals surface area (Å²) in [6.07, 6.45) is 68.7. The molecule has 0 aromatic carbocycles. The van der Waals surface area contributed by atoms with Gasteiger partial charge in [-0.05, 0) is 96.0 Å². The molecule has 0 radical (unpaired) electrons. The molecule has 10 heteroatoms. The molecule has 0 heterocycles. The summed E-state index contributed by atoms with van der Waals surface area (Å²) in [6.45, 7) is 6.78. The van der Waals surface area contributed by atoms with E-state index in [1.54, 1.807) is 0 Å². The number of allylic oxidation sites excluding steroid dienone is 11. The van der Waals surface area contributed by atoms with Crippen molar-refractivity contribution in [1.29, 1.82) is 0 Å². The lowest BCUT2D eigenvalue weighted by Gasteiger charge is -2.30. The number of nitrogens with zero attached hydrogens (tertiary/aromatic N) is 1. The van der Waals surface area contributed by atoms with Crippen LogP contribution >= 0.6 is 7.82 Å². The molecule has 0 aliphatic rings. The van der Waals surface area contributed by atoms with Crippen molar-refractivity contribution < 1.29 is 37.3 Å². The molecule has 0 rings (SSSR count). The average molecular weight is 1060 g/mol. The van der Waals surface area contributed by atoms with Crippen LogP contribution in [0.1, 0.15) is 271 Å². The van der Waals surface area contributed by atoms with Gasteiger partial charge in [0, 0.05) is 12.8 Å². The Morgan fingerprint density at radius 3 is 1.35 bits per heavy atom. The molecule has 1 N–H and O–H groups in total. The van der Waals surface area contributed by atoms with Gasteiger partial charge in [-0.2, -0.15) is 0 Å². The highest BCUT2D eigenvalue weighted by Gasteiger charge is 2.27. The fourth-order valence-electron chi connectivity index (χ4n) is 8.58. The topological polar surface area (TPSA) is 114 Å². The van der Waals surface area contributed by atoms with Gasteiger partial charge in [-0.15, -0.1) is 0 Å². The minimum atomic E-state index is -4.71. The van der Waals surface area contributed by atoms with Crippen molar-refractivity contribution >= 4 is 19.7 Å². The van der Waals surface area contributed by atoms with Gasteiger partial charge in [0.2, 0.25) is 5.91 Å². The Hall–Kier alpha value is -2.55. The first-order chi connectivity index (χ1) is 35.9. The second kappa shape index (κ2) is 53.8. The third kappa shape index (κ3) is 54.2. The lowest BCUT2D eigenvalue weighted by atomic mass is 10.1. The Balaban J connectivity index is 5.27. The van der Waals surface area contributed by atoms with Crippen LogP contribution in [0.5, 0.6) is 0 Å². The first-order valence-corrected chi connectivity index (χ1v) is 32.2. The summed E-state index contributed by atoms with van der Waals surface area (Å²) in [5.41, 5.74) is 0. The summed E-state index contributed by atoms with van der Waals surface area (Å²) in [5.74, 6) is -0.579. The summed E-state index contributed by atoms with van der Waals surface area (Å²) in [5, 5.41) is 3.01. The summed E-state index contributed by atoms with van der Waals surface area (Å²) in [7, 11) is 1.16. The van der Waals surface area contributed by atoms with Gasteiger partial charge in [-0.25, -0.2) is 0 Å². The maximum Gasteiger partial charge on any atom is 0.306 e. The molecule has 0 saturated carbocycles. The van der Waals surface area contributed by atoms with Crippen molar-refractivity contribution in [3.8, 4) is 0 Å². The van der Waals surface area contributed by atoms with Crippen molar-refractivity contribution in [3.05, 3.63) is 72.9 Å². The highest BCUT2D eigenvalue weighted by Crippen LogP contribution is 2.38. The number of nitrogens with one attached hydrogen (secondary N) is 1. The van der Waals surface area contributed by atoms with Gasteiger partial charge in [0.25, 0.3) is 7.82 Å². The van der Waals surface area contributed by atoms with Gasteiger partial charge in [0.15, 0.2) is 0 Å².